The van der Waals surface area contributed by atoms with Gasteiger partial charge in [-0.2, -0.15) is 0 Å². The van der Waals surface area contributed by atoms with Crippen molar-refractivity contribution in [2.45, 2.75) is 19.8 Å². The molecular weight excluding hydrogens is 200 g/mol. The van der Waals surface area contributed by atoms with E-state index >= 15 is 0 Å². The second-order valence-electron chi connectivity index (χ2n) is 3.55. The average molecular weight is 216 g/mol. The molecule has 0 unspecified atom stereocenters. The predicted molar refractivity (Wildman–Crippen MR) is 57.8 cm³/mol. The number of aliphatic hydroxyl groups is 1. The number of amides is 1. The molecule has 80 valence electrons. The van der Waals surface area contributed by atoms with Crippen molar-refractivity contribution in [1.29, 1.82) is 0 Å². The maximum Gasteiger partial charge on any atom is 0.235 e. The number of carbonyl (C=O) groups excluding carboxylic acids is 1. The first-order chi connectivity index (χ1) is 6.58. The molecule has 0 aromatic heterocycles. The minimum atomic E-state index is -0.583. The van der Waals surface area contributed by atoms with Crippen LogP contribution in [0, 0.1) is 5.41 Å². The van der Waals surface area contributed by atoms with Crippen molar-refractivity contribution in [1.82, 2.24) is 4.90 Å². The molecule has 0 bridgehead atoms. The lowest BCUT2D eigenvalue weighted by molar-refractivity contribution is -0.134. The minimum absolute atomic E-state index is 0.0208. The van der Waals surface area contributed by atoms with Crippen LogP contribution in [0.15, 0.2) is 0 Å². The SMILES string of the molecule is CCN(CCO)C(=O)C1(C(N)=S)CC1. The van der Waals surface area contributed by atoms with Crippen molar-refractivity contribution in [3.05, 3.63) is 0 Å². The van der Waals surface area contributed by atoms with Gasteiger partial charge in [0.1, 0.15) is 0 Å². The maximum absolute atomic E-state index is 11.9. The van der Waals surface area contributed by atoms with E-state index in [1.807, 2.05) is 6.92 Å². The second kappa shape index (κ2) is 4.23. The molecule has 0 aromatic rings. The molecule has 5 heteroatoms. The summed E-state index contributed by atoms with van der Waals surface area (Å²) in [5.74, 6) is -0.0263. The van der Waals surface area contributed by atoms with E-state index in [2.05, 4.69) is 0 Å². The van der Waals surface area contributed by atoms with Gasteiger partial charge < -0.3 is 15.7 Å². The summed E-state index contributed by atoms with van der Waals surface area (Å²) in [6, 6.07) is 0. The van der Waals surface area contributed by atoms with Crippen LogP contribution in [0.25, 0.3) is 0 Å². The summed E-state index contributed by atoms with van der Waals surface area (Å²) in [7, 11) is 0. The van der Waals surface area contributed by atoms with Crippen LogP contribution in [0.4, 0.5) is 0 Å². The Bertz CT molecular complexity index is 251. The summed E-state index contributed by atoms with van der Waals surface area (Å²) in [6.45, 7) is 2.81. The topological polar surface area (TPSA) is 66.6 Å². The number of thiocarbonyl (C=S) groups is 1. The fourth-order valence-corrected chi connectivity index (χ4v) is 1.81. The molecule has 0 heterocycles. The Balaban J connectivity index is 2.68. The number of carbonyl (C=O) groups is 1. The standard InChI is InChI=1S/C9H16N2O2S/c1-2-11(5-6-12)8(13)9(3-4-9)7(10)14/h12H,2-6H2,1H3,(H2,10,14). The third-order valence-corrected chi connectivity index (χ3v) is 3.06. The first-order valence-corrected chi connectivity index (χ1v) is 5.19. The maximum atomic E-state index is 11.9. The molecule has 14 heavy (non-hydrogen) atoms. The number of hydrogen-bond donors (Lipinski definition) is 2. The molecule has 0 aliphatic heterocycles. The zero-order valence-electron chi connectivity index (χ0n) is 8.32. The highest BCUT2D eigenvalue weighted by Crippen LogP contribution is 2.47. The molecule has 1 fully saturated rings. The van der Waals surface area contributed by atoms with Crippen molar-refractivity contribution in [2.24, 2.45) is 11.1 Å². The van der Waals surface area contributed by atoms with Gasteiger partial charge in [0.15, 0.2) is 0 Å². The largest absolute Gasteiger partial charge is 0.395 e. The quantitative estimate of drug-likeness (QED) is 0.629. The van der Waals surface area contributed by atoms with Gasteiger partial charge in [0.25, 0.3) is 0 Å². The van der Waals surface area contributed by atoms with Crippen molar-refractivity contribution < 1.29 is 9.90 Å². The molecule has 0 spiro atoms. The van der Waals surface area contributed by atoms with Gasteiger partial charge >= 0.3 is 0 Å². The Morgan fingerprint density at radius 3 is 2.50 bits per heavy atom. The zero-order chi connectivity index (χ0) is 10.8. The lowest BCUT2D eigenvalue weighted by atomic mass is 10.1. The molecule has 1 aliphatic rings. The number of aliphatic hydroxyl groups excluding tert-OH is 1. The van der Waals surface area contributed by atoms with E-state index < -0.39 is 5.41 Å². The van der Waals surface area contributed by atoms with Crippen LogP contribution in [-0.2, 0) is 4.79 Å². The smallest absolute Gasteiger partial charge is 0.235 e. The first-order valence-electron chi connectivity index (χ1n) is 4.78. The highest BCUT2D eigenvalue weighted by Gasteiger charge is 2.54. The van der Waals surface area contributed by atoms with Crippen molar-refractivity contribution >= 4 is 23.1 Å². The van der Waals surface area contributed by atoms with Crippen LogP contribution in [0.5, 0.6) is 0 Å². The molecule has 0 radical (unpaired) electrons. The summed E-state index contributed by atoms with van der Waals surface area (Å²) in [5, 5.41) is 8.78. The van der Waals surface area contributed by atoms with Gasteiger partial charge in [0, 0.05) is 13.1 Å². The molecule has 0 saturated heterocycles. The van der Waals surface area contributed by atoms with E-state index in [9.17, 15) is 4.79 Å². The summed E-state index contributed by atoms with van der Waals surface area (Å²) >= 11 is 4.89. The molecule has 0 aromatic carbocycles. The van der Waals surface area contributed by atoms with E-state index in [0.29, 0.717) is 18.1 Å². The van der Waals surface area contributed by atoms with E-state index in [1.165, 1.54) is 0 Å². The molecular formula is C9H16N2O2S. The van der Waals surface area contributed by atoms with Crippen LogP contribution in [0.2, 0.25) is 0 Å². The van der Waals surface area contributed by atoms with E-state index in [-0.39, 0.29) is 12.5 Å². The first kappa shape index (κ1) is 11.4. The monoisotopic (exact) mass is 216 g/mol. The normalized spacial score (nSPS) is 17.6. The number of nitrogens with zero attached hydrogens (tertiary/aromatic N) is 1. The number of rotatable bonds is 5. The van der Waals surface area contributed by atoms with Gasteiger partial charge in [-0.1, -0.05) is 12.2 Å². The highest BCUT2D eigenvalue weighted by atomic mass is 32.1. The van der Waals surface area contributed by atoms with Gasteiger partial charge in [0.05, 0.1) is 17.0 Å². The third kappa shape index (κ3) is 1.88. The van der Waals surface area contributed by atoms with Gasteiger partial charge in [0.2, 0.25) is 5.91 Å². The Morgan fingerprint density at radius 2 is 2.21 bits per heavy atom. The van der Waals surface area contributed by atoms with Gasteiger partial charge in [-0.25, -0.2) is 0 Å². The minimum Gasteiger partial charge on any atom is -0.395 e. The summed E-state index contributed by atoms with van der Waals surface area (Å²) in [6.07, 6.45) is 1.51. The molecule has 0 atom stereocenters. The van der Waals surface area contributed by atoms with E-state index in [4.69, 9.17) is 23.1 Å². The number of nitrogens with two attached hydrogens (primary N) is 1. The van der Waals surface area contributed by atoms with E-state index in [1.54, 1.807) is 4.90 Å². The third-order valence-electron chi connectivity index (χ3n) is 2.67. The van der Waals surface area contributed by atoms with Crippen molar-refractivity contribution in [2.75, 3.05) is 19.7 Å². The lowest BCUT2D eigenvalue weighted by Gasteiger charge is -2.24. The molecule has 1 aliphatic carbocycles. The molecule has 3 N–H and O–H groups in total. The van der Waals surface area contributed by atoms with Crippen molar-refractivity contribution in [3.63, 3.8) is 0 Å². The molecule has 1 amide bonds. The van der Waals surface area contributed by atoms with Crippen LogP contribution in [-0.4, -0.2) is 40.6 Å². The van der Waals surface area contributed by atoms with Gasteiger partial charge in [-0.3, -0.25) is 4.79 Å². The van der Waals surface area contributed by atoms with E-state index in [0.717, 1.165) is 12.8 Å². The Labute approximate surface area is 89.1 Å². The van der Waals surface area contributed by atoms with Crippen molar-refractivity contribution in [3.8, 4) is 0 Å². The second-order valence-corrected chi connectivity index (χ2v) is 3.99. The molecule has 1 rings (SSSR count). The van der Waals surface area contributed by atoms with Crippen LogP contribution < -0.4 is 5.73 Å². The van der Waals surface area contributed by atoms with Crippen LogP contribution >= 0.6 is 12.2 Å². The number of likely N-dealkylation sites (N-methyl/N-ethyl adjacent to an activating group) is 1. The number of hydrogen-bond acceptors (Lipinski definition) is 3. The fourth-order valence-electron chi connectivity index (χ4n) is 1.52. The predicted octanol–water partition coefficient (Wildman–Crippen LogP) is -0.107. The lowest BCUT2D eigenvalue weighted by Crippen LogP contribution is -2.43. The molecule has 1 saturated carbocycles. The van der Waals surface area contributed by atoms with Gasteiger partial charge in [-0.15, -0.1) is 0 Å². The zero-order valence-corrected chi connectivity index (χ0v) is 9.14. The average Bonchev–Trinajstić information content (AvgIpc) is 2.93. The Kier molecular flexibility index (Phi) is 3.44. The fraction of sp³-hybridized carbons (Fsp3) is 0.778. The summed E-state index contributed by atoms with van der Waals surface area (Å²) < 4.78 is 0. The van der Waals surface area contributed by atoms with Crippen LogP contribution in [0.1, 0.15) is 19.8 Å². The Hall–Kier alpha value is -0.680. The van der Waals surface area contributed by atoms with Gasteiger partial charge in [-0.05, 0) is 19.8 Å². The molecule has 4 nitrogen and oxygen atoms in total. The summed E-state index contributed by atoms with van der Waals surface area (Å²) in [4.78, 5) is 13.8. The van der Waals surface area contributed by atoms with Crippen LogP contribution in [0.3, 0.4) is 0 Å². The highest BCUT2D eigenvalue weighted by molar-refractivity contribution is 7.80. The summed E-state index contributed by atoms with van der Waals surface area (Å²) in [5.41, 5.74) is 4.96. The Morgan fingerprint density at radius 1 is 1.64 bits per heavy atom.